The van der Waals surface area contributed by atoms with E-state index in [0.29, 0.717) is 37.5 Å². The molecule has 17 nitrogen and oxygen atoms in total. The molecule has 0 heterocycles. The van der Waals surface area contributed by atoms with Gasteiger partial charge in [-0.05, 0) is 49.4 Å². The zero-order valence-electron chi connectivity index (χ0n) is 65.8. The van der Waals surface area contributed by atoms with E-state index >= 15 is 0 Å². The normalized spacial score (nSPS) is 14.6. The highest BCUT2D eigenvalue weighted by atomic mass is 31.2. The van der Waals surface area contributed by atoms with E-state index in [1.807, 2.05) is 0 Å². The van der Waals surface area contributed by atoms with E-state index in [1.165, 1.54) is 212 Å². The molecule has 0 aromatic heterocycles. The van der Waals surface area contributed by atoms with Gasteiger partial charge in [0.1, 0.15) is 19.3 Å². The number of ether oxygens (including phenoxy) is 4. The first-order chi connectivity index (χ1) is 48.2. The number of rotatable bonds is 78. The van der Waals surface area contributed by atoms with Crippen LogP contribution in [0.2, 0.25) is 0 Å². The van der Waals surface area contributed by atoms with Gasteiger partial charge in [0.15, 0.2) is 12.2 Å². The van der Waals surface area contributed by atoms with Crippen LogP contribution >= 0.6 is 15.6 Å². The smallest absolute Gasteiger partial charge is 0.462 e. The van der Waals surface area contributed by atoms with Crippen LogP contribution in [0.25, 0.3) is 0 Å². The summed E-state index contributed by atoms with van der Waals surface area (Å²) in [5.74, 6) is 1.00. The minimum Gasteiger partial charge on any atom is -0.462 e. The van der Waals surface area contributed by atoms with Crippen molar-refractivity contribution < 1.29 is 80.2 Å². The van der Waals surface area contributed by atoms with E-state index in [4.69, 9.17) is 37.0 Å². The van der Waals surface area contributed by atoms with Gasteiger partial charge in [-0.25, -0.2) is 9.13 Å². The summed E-state index contributed by atoms with van der Waals surface area (Å²) in [4.78, 5) is 72.9. The molecule has 19 heteroatoms. The summed E-state index contributed by atoms with van der Waals surface area (Å²) in [6.45, 7) is 14.2. The van der Waals surface area contributed by atoms with Crippen molar-refractivity contribution in [1.29, 1.82) is 0 Å². The van der Waals surface area contributed by atoms with Gasteiger partial charge in [-0.15, -0.1) is 0 Å². The van der Waals surface area contributed by atoms with E-state index in [2.05, 4.69) is 55.4 Å². The molecule has 0 saturated heterocycles. The predicted molar refractivity (Wildman–Crippen MR) is 409 cm³/mol. The second-order valence-electron chi connectivity index (χ2n) is 30.6. The van der Waals surface area contributed by atoms with Crippen molar-refractivity contribution in [2.45, 2.75) is 433 Å². The monoisotopic (exact) mass is 1470 g/mol. The number of carbonyl (C=O) groups excluding carboxylic acids is 4. The molecule has 0 aliphatic heterocycles. The molecule has 0 aliphatic rings. The zero-order valence-corrected chi connectivity index (χ0v) is 67.6. The molecule has 5 unspecified atom stereocenters. The molecule has 100 heavy (non-hydrogen) atoms. The summed E-state index contributed by atoms with van der Waals surface area (Å²) >= 11 is 0. The fraction of sp³-hybridized carbons (Fsp3) is 0.951. The molecule has 0 aromatic rings. The molecule has 594 valence electrons. The molecular formula is C81H158O17P2. The Morgan fingerprint density at radius 2 is 0.480 bits per heavy atom. The first-order valence-electron chi connectivity index (χ1n) is 41.8. The van der Waals surface area contributed by atoms with Gasteiger partial charge in [0.25, 0.3) is 0 Å². The Balaban J connectivity index is 5.19. The summed E-state index contributed by atoms with van der Waals surface area (Å²) in [5.41, 5.74) is 0. The van der Waals surface area contributed by atoms with Crippen LogP contribution < -0.4 is 0 Å². The molecule has 7 atom stereocenters. The minimum atomic E-state index is -4.96. The summed E-state index contributed by atoms with van der Waals surface area (Å²) in [5, 5.41) is 10.6. The molecule has 0 aromatic carbocycles. The largest absolute Gasteiger partial charge is 0.472 e. The molecule has 0 rings (SSSR count). The summed E-state index contributed by atoms with van der Waals surface area (Å²) in [7, 11) is -9.92. The Morgan fingerprint density at radius 3 is 0.710 bits per heavy atom. The third kappa shape index (κ3) is 71.7. The van der Waals surface area contributed by atoms with Gasteiger partial charge in [-0.3, -0.25) is 37.3 Å². The standard InChI is InChI=1S/C81H158O17P2/c1-9-73(7)59-51-43-35-27-23-19-15-13-11-12-14-16-21-25-29-37-45-53-61-78(83)91-67-76(97-80(85)63-55-47-38-30-26-22-18-17-20-24-28-36-44-52-60-74(8)10-2)69-95-99(87,88)93-65-75(82)66-94-100(89,90)96-70-77(98-81(86)64-56-48-40-32-34-42-50-58-72(5)6)68-92-79(84)62-54-46-39-31-33-41-49-57-71(3)4/h71-77,82H,9-70H2,1-8H3,(H,87,88)(H,89,90)/t73?,74?,75?,76-,77-/m1/s1. The van der Waals surface area contributed by atoms with Gasteiger partial charge < -0.3 is 33.8 Å². The molecule has 0 saturated carbocycles. The second kappa shape index (κ2) is 70.1. The fourth-order valence-electron chi connectivity index (χ4n) is 12.4. The number of carbonyl (C=O) groups is 4. The van der Waals surface area contributed by atoms with Gasteiger partial charge in [0.05, 0.1) is 26.4 Å². The maximum absolute atomic E-state index is 13.1. The van der Waals surface area contributed by atoms with E-state index < -0.39 is 97.5 Å². The van der Waals surface area contributed by atoms with Crippen molar-refractivity contribution in [1.82, 2.24) is 0 Å². The van der Waals surface area contributed by atoms with Crippen LogP contribution in [-0.4, -0.2) is 96.7 Å². The summed E-state index contributed by atoms with van der Waals surface area (Å²) in [6, 6.07) is 0. The van der Waals surface area contributed by atoms with Crippen molar-refractivity contribution >= 4 is 39.5 Å². The number of aliphatic hydroxyl groups is 1. The first-order valence-corrected chi connectivity index (χ1v) is 44.8. The lowest BCUT2D eigenvalue weighted by Gasteiger charge is -2.21. The number of hydrogen-bond donors (Lipinski definition) is 3. The minimum absolute atomic E-state index is 0.103. The SMILES string of the molecule is CCC(C)CCCCCCCCCCCCCCCCCCCCC(=O)OC[C@H](COP(=O)(O)OCC(O)COP(=O)(O)OC[C@@H](COC(=O)CCCCCCCCCC(C)C)OC(=O)CCCCCCCCCC(C)C)OC(=O)CCCCCCCCCCCCCCCCC(C)CC. The number of esters is 4. The molecular weight excluding hydrogens is 1310 g/mol. The van der Waals surface area contributed by atoms with Gasteiger partial charge >= 0.3 is 39.5 Å². The van der Waals surface area contributed by atoms with Gasteiger partial charge in [-0.2, -0.15) is 0 Å². The lowest BCUT2D eigenvalue weighted by atomic mass is 9.99. The quantitative estimate of drug-likeness (QED) is 0.0222. The lowest BCUT2D eigenvalue weighted by Crippen LogP contribution is -2.30. The van der Waals surface area contributed by atoms with Crippen molar-refractivity contribution in [2.75, 3.05) is 39.6 Å². The highest BCUT2D eigenvalue weighted by Crippen LogP contribution is 2.45. The van der Waals surface area contributed by atoms with Gasteiger partial charge in [0.2, 0.25) is 0 Å². The average molecular weight is 1470 g/mol. The van der Waals surface area contributed by atoms with E-state index in [1.54, 1.807) is 0 Å². The molecule has 0 bridgehead atoms. The third-order valence-electron chi connectivity index (χ3n) is 19.5. The van der Waals surface area contributed by atoms with Crippen LogP contribution in [0.1, 0.15) is 415 Å². The lowest BCUT2D eigenvalue weighted by molar-refractivity contribution is -0.161. The Bertz CT molecular complexity index is 1960. The number of unbranched alkanes of at least 4 members (excludes halogenated alkanes) is 42. The van der Waals surface area contributed by atoms with E-state index in [9.17, 15) is 43.2 Å². The zero-order chi connectivity index (χ0) is 73.8. The third-order valence-corrected chi connectivity index (χ3v) is 21.4. The number of phosphoric ester groups is 2. The average Bonchev–Trinajstić information content (AvgIpc) is 1.02. The number of phosphoric acid groups is 2. The maximum Gasteiger partial charge on any atom is 0.472 e. The van der Waals surface area contributed by atoms with Gasteiger partial charge in [-0.1, -0.05) is 364 Å². The molecule has 0 aliphatic carbocycles. The number of aliphatic hydroxyl groups excluding tert-OH is 1. The number of hydrogen-bond acceptors (Lipinski definition) is 15. The van der Waals surface area contributed by atoms with Crippen molar-refractivity contribution in [3.05, 3.63) is 0 Å². The van der Waals surface area contributed by atoms with Crippen molar-refractivity contribution in [2.24, 2.45) is 23.7 Å². The molecule has 0 radical (unpaired) electrons. The Morgan fingerprint density at radius 1 is 0.280 bits per heavy atom. The summed E-state index contributed by atoms with van der Waals surface area (Å²) < 4.78 is 68.6. The summed E-state index contributed by atoms with van der Waals surface area (Å²) in [6.07, 6.45) is 57.2. The fourth-order valence-corrected chi connectivity index (χ4v) is 13.9. The first kappa shape index (κ1) is 98.1. The Kier molecular flexibility index (Phi) is 68.7. The van der Waals surface area contributed by atoms with Crippen LogP contribution in [0.15, 0.2) is 0 Å². The Labute approximate surface area is 613 Å². The molecule has 3 N–H and O–H groups in total. The molecule has 0 amide bonds. The van der Waals surface area contributed by atoms with E-state index in [0.717, 1.165) is 108 Å². The van der Waals surface area contributed by atoms with E-state index in [-0.39, 0.29) is 25.7 Å². The molecule has 0 fully saturated rings. The van der Waals surface area contributed by atoms with Crippen LogP contribution in [-0.2, 0) is 65.4 Å². The predicted octanol–water partition coefficient (Wildman–Crippen LogP) is 24.0. The Hall–Kier alpha value is -1.94. The van der Waals surface area contributed by atoms with Crippen LogP contribution in [0.3, 0.4) is 0 Å². The van der Waals surface area contributed by atoms with Crippen molar-refractivity contribution in [3.63, 3.8) is 0 Å². The van der Waals surface area contributed by atoms with Crippen LogP contribution in [0, 0.1) is 23.7 Å². The van der Waals surface area contributed by atoms with Crippen LogP contribution in [0.4, 0.5) is 0 Å². The highest BCUT2D eigenvalue weighted by molar-refractivity contribution is 7.47. The van der Waals surface area contributed by atoms with Crippen LogP contribution in [0.5, 0.6) is 0 Å². The maximum atomic E-state index is 13.1. The highest BCUT2D eigenvalue weighted by Gasteiger charge is 2.30. The molecule has 0 spiro atoms. The topological polar surface area (TPSA) is 237 Å². The second-order valence-corrected chi connectivity index (χ2v) is 33.5. The van der Waals surface area contributed by atoms with Crippen molar-refractivity contribution in [3.8, 4) is 0 Å². The van der Waals surface area contributed by atoms with Gasteiger partial charge in [0, 0.05) is 25.7 Å².